The van der Waals surface area contributed by atoms with Gasteiger partial charge in [-0.15, -0.1) is 0 Å². The highest BCUT2D eigenvalue weighted by molar-refractivity contribution is 5.76. The van der Waals surface area contributed by atoms with Crippen LogP contribution in [0.2, 0.25) is 0 Å². The van der Waals surface area contributed by atoms with E-state index in [9.17, 15) is 9.59 Å². The van der Waals surface area contributed by atoms with Crippen molar-refractivity contribution in [1.82, 2.24) is 19.7 Å². The normalized spacial score (nSPS) is 19.8. The minimum atomic E-state index is -0.216. The second-order valence-electron chi connectivity index (χ2n) is 6.18. The minimum Gasteiger partial charge on any atom is -0.482 e. The zero-order valence-corrected chi connectivity index (χ0v) is 14.3. The first-order valence-corrected chi connectivity index (χ1v) is 8.19. The summed E-state index contributed by atoms with van der Waals surface area (Å²) in [4.78, 5) is 27.9. The molecule has 2 aromatic rings. The van der Waals surface area contributed by atoms with Crippen LogP contribution in [0, 0.1) is 0 Å². The number of aromatic nitrogens is 3. The van der Waals surface area contributed by atoms with Crippen molar-refractivity contribution in [3.05, 3.63) is 46.6 Å². The van der Waals surface area contributed by atoms with E-state index in [-0.39, 0.29) is 23.6 Å². The fourth-order valence-electron chi connectivity index (χ4n) is 2.84. The smallest absolute Gasteiger partial charge is 0.247 e. The van der Waals surface area contributed by atoms with Crippen LogP contribution < -0.4 is 10.3 Å². The maximum absolute atomic E-state index is 12.5. The van der Waals surface area contributed by atoms with Crippen molar-refractivity contribution in [2.45, 2.75) is 25.0 Å². The van der Waals surface area contributed by atoms with Crippen LogP contribution in [0.15, 0.2) is 35.5 Å². The molecule has 3 rings (SSSR count). The van der Waals surface area contributed by atoms with Gasteiger partial charge in [-0.3, -0.25) is 14.3 Å². The van der Waals surface area contributed by atoms with E-state index in [0.717, 1.165) is 5.56 Å². The molecule has 0 unspecified atom stereocenters. The zero-order chi connectivity index (χ0) is 17.8. The van der Waals surface area contributed by atoms with Gasteiger partial charge in [-0.25, -0.2) is 0 Å². The van der Waals surface area contributed by atoms with Gasteiger partial charge in [0.15, 0.2) is 5.75 Å². The number of hydrogen-bond acceptors (Lipinski definition) is 5. The van der Waals surface area contributed by atoms with Crippen LogP contribution in [-0.2, 0) is 23.0 Å². The molecule has 0 aromatic carbocycles. The maximum atomic E-state index is 12.5. The molecule has 3 heterocycles. The van der Waals surface area contributed by atoms with Gasteiger partial charge in [-0.05, 0) is 12.0 Å². The van der Waals surface area contributed by atoms with Crippen LogP contribution in [0.4, 0.5) is 0 Å². The predicted octanol–water partition coefficient (Wildman–Crippen LogP) is 0.346. The van der Waals surface area contributed by atoms with Crippen molar-refractivity contribution < 1.29 is 14.3 Å². The molecular weight excluding hydrogens is 324 g/mol. The summed E-state index contributed by atoms with van der Waals surface area (Å²) in [6.45, 7) is 0.892. The number of hydrogen-bond donors (Lipinski definition) is 1. The molecule has 8 nitrogen and oxygen atoms in total. The second-order valence-corrected chi connectivity index (χ2v) is 6.18. The molecule has 0 bridgehead atoms. The number of aryl methyl sites for hydroxylation is 2. The molecule has 134 valence electrons. The number of amides is 1. The summed E-state index contributed by atoms with van der Waals surface area (Å²) >= 11 is 0. The first-order valence-electron chi connectivity index (χ1n) is 8.19. The highest BCUT2D eigenvalue weighted by Crippen LogP contribution is 2.20. The van der Waals surface area contributed by atoms with Gasteiger partial charge < -0.3 is 19.4 Å². The SMILES string of the molecule is CN(C(=O)CCc1ccc(=O)[nH]c1)[C@H]1COC[C@H]1Oc1cnn(C)c1. The molecule has 1 amide bonds. The number of carbonyl (C=O) groups excluding carboxylic acids is 1. The third-order valence-corrected chi connectivity index (χ3v) is 4.34. The fourth-order valence-corrected chi connectivity index (χ4v) is 2.84. The number of rotatable bonds is 6. The van der Waals surface area contributed by atoms with Crippen LogP contribution >= 0.6 is 0 Å². The maximum Gasteiger partial charge on any atom is 0.247 e. The zero-order valence-electron chi connectivity index (χ0n) is 14.3. The average molecular weight is 346 g/mol. The Labute approximate surface area is 145 Å². The molecule has 0 spiro atoms. The molecule has 25 heavy (non-hydrogen) atoms. The lowest BCUT2D eigenvalue weighted by Gasteiger charge is -2.28. The van der Waals surface area contributed by atoms with Crippen LogP contribution in [0.5, 0.6) is 5.75 Å². The molecule has 2 aromatic heterocycles. The lowest BCUT2D eigenvalue weighted by Crippen LogP contribution is -2.46. The van der Waals surface area contributed by atoms with Gasteiger partial charge >= 0.3 is 0 Å². The first-order chi connectivity index (χ1) is 12.0. The van der Waals surface area contributed by atoms with E-state index in [1.807, 2.05) is 7.05 Å². The first kappa shape index (κ1) is 17.2. The van der Waals surface area contributed by atoms with Crippen molar-refractivity contribution in [3.8, 4) is 5.75 Å². The van der Waals surface area contributed by atoms with E-state index in [2.05, 4.69) is 10.1 Å². The molecule has 0 radical (unpaired) electrons. The summed E-state index contributed by atoms with van der Waals surface area (Å²) in [6.07, 6.45) is 5.79. The quantitative estimate of drug-likeness (QED) is 0.815. The van der Waals surface area contributed by atoms with Gasteiger partial charge in [0.25, 0.3) is 0 Å². The van der Waals surface area contributed by atoms with E-state index in [1.165, 1.54) is 6.07 Å². The average Bonchev–Trinajstić information content (AvgIpc) is 3.22. The lowest BCUT2D eigenvalue weighted by molar-refractivity contribution is -0.133. The Morgan fingerprint density at radius 3 is 3.00 bits per heavy atom. The van der Waals surface area contributed by atoms with Crippen molar-refractivity contribution in [2.24, 2.45) is 7.05 Å². The highest BCUT2D eigenvalue weighted by atomic mass is 16.5. The van der Waals surface area contributed by atoms with Gasteiger partial charge in [-0.2, -0.15) is 5.10 Å². The van der Waals surface area contributed by atoms with Crippen LogP contribution in [-0.4, -0.2) is 58.0 Å². The molecular formula is C17H22N4O4. The number of aromatic amines is 1. The largest absolute Gasteiger partial charge is 0.482 e. The van der Waals surface area contributed by atoms with E-state index in [1.54, 1.807) is 41.3 Å². The molecule has 1 N–H and O–H groups in total. The summed E-state index contributed by atoms with van der Waals surface area (Å²) in [5.41, 5.74) is 0.776. The van der Waals surface area contributed by atoms with Gasteiger partial charge in [0, 0.05) is 32.8 Å². The highest BCUT2D eigenvalue weighted by Gasteiger charge is 2.35. The number of carbonyl (C=O) groups is 1. The topological polar surface area (TPSA) is 89.5 Å². The molecule has 2 atom stereocenters. The van der Waals surface area contributed by atoms with E-state index in [4.69, 9.17) is 9.47 Å². The van der Waals surface area contributed by atoms with Gasteiger partial charge in [0.05, 0.1) is 31.6 Å². The molecule has 0 aliphatic carbocycles. The summed E-state index contributed by atoms with van der Waals surface area (Å²) in [6, 6.07) is 3.06. The molecule has 8 heteroatoms. The van der Waals surface area contributed by atoms with Crippen LogP contribution in [0.25, 0.3) is 0 Å². The van der Waals surface area contributed by atoms with E-state index in [0.29, 0.717) is 31.8 Å². The predicted molar refractivity (Wildman–Crippen MR) is 90.4 cm³/mol. The van der Waals surface area contributed by atoms with Crippen molar-refractivity contribution in [3.63, 3.8) is 0 Å². The number of nitrogens with zero attached hydrogens (tertiary/aromatic N) is 3. The number of nitrogens with one attached hydrogen (secondary N) is 1. The molecule has 1 aliphatic rings. The Morgan fingerprint density at radius 2 is 2.32 bits per heavy atom. The number of likely N-dealkylation sites (N-methyl/N-ethyl adjacent to an activating group) is 1. The van der Waals surface area contributed by atoms with Crippen LogP contribution in [0.3, 0.4) is 0 Å². The summed E-state index contributed by atoms with van der Waals surface area (Å²) in [7, 11) is 3.59. The summed E-state index contributed by atoms with van der Waals surface area (Å²) in [5, 5.41) is 4.08. The van der Waals surface area contributed by atoms with E-state index >= 15 is 0 Å². The Bertz CT molecular complexity index is 764. The van der Waals surface area contributed by atoms with Crippen molar-refractivity contribution >= 4 is 5.91 Å². The van der Waals surface area contributed by atoms with Gasteiger partial charge in [0.2, 0.25) is 11.5 Å². The van der Waals surface area contributed by atoms with Gasteiger partial charge in [-0.1, -0.05) is 6.07 Å². The number of pyridine rings is 1. The Balaban J connectivity index is 1.56. The third kappa shape index (κ3) is 4.27. The summed E-state index contributed by atoms with van der Waals surface area (Å²) in [5.74, 6) is 0.679. The fraction of sp³-hybridized carbons (Fsp3) is 0.471. The second kappa shape index (κ2) is 7.52. The lowest BCUT2D eigenvalue weighted by atomic mass is 10.1. The Hall–Kier alpha value is -2.61. The molecule has 0 saturated carbocycles. The third-order valence-electron chi connectivity index (χ3n) is 4.34. The standard InChI is InChI=1S/C17H22N4O4/c1-20-9-13(8-19-20)25-15-11-24-10-14(15)21(2)17(23)6-4-12-3-5-16(22)18-7-12/h3,5,7-9,14-15H,4,6,10-11H2,1-2H3,(H,18,22)/t14-,15+/m0/s1. The van der Waals surface area contributed by atoms with Gasteiger partial charge in [0.1, 0.15) is 6.10 Å². The molecule has 1 fully saturated rings. The summed E-state index contributed by atoms with van der Waals surface area (Å²) < 4.78 is 13.1. The van der Waals surface area contributed by atoms with Crippen molar-refractivity contribution in [1.29, 1.82) is 0 Å². The molecule has 1 aliphatic heterocycles. The number of ether oxygens (including phenoxy) is 2. The molecule has 1 saturated heterocycles. The van der Waals surface area contributed by atoms with Crippen LogP contribution in [0.1, 0.15) is 12.0 Å². The minimum absolute atomic E-state index is 0.0153. The Morgan fingerprint density at radius 1 is 1.48 bits per heavy atom. The number of H-pyrrole nitrogens is 1. The van der Waals surface area contributed by atoms with E-state index < -0.39 is 0 Å². The Kier molecular flexibility index (Phi) is 5.18. The van der Waals surface area contributed by atoms with Crippen molar-refractivity contribution in [2.75, 3.05) is 20.3 Å². The monoisotopic (exact) mass is 346 g/mol.